The molecule has 0 aliphatic carbocycles. The Morgan fingerprint density at radius 2 is 2.36 bits per heavy atom. The number of nitrogens with one attached hydrogen (secondary N) is 1. The number of nitrogens with zero attached hydrogens (tertiary/aromatic N) is 2. The highest BCUT2D eigenvalue weighted by Crippen LogP contribution is 1.83. The van der Waals surface area contributed by atoms with Gasteiger partial charge in [-0.1, -0.05) is 0 Å². The quantitative estimate of drug-likeness (QED) is 0.340. The van der Waals surface area contributed by atoms with Gasteiger partial charge in [-0.25, -0.2) is 0 Å². The molecule has 0 fully saturated rings. The maximum Gasteiger partial charge on any atom is 0.288 e. The molecule has 0 bridgehead atoms. The maximum absolute atomic E-state index is 10.9. The molecule has 0 saturated heterocycles. The molecule has 60 valence electrons. The number of nitrogens with two attached hydrogens (primary N) is 2. The first kappa shape index (κ1) is 7.39. The predicted octanol–water partition coefficient (Wildman–Crippen LogP) is -1.48. The van der Waals surface area contributed by atoms with E-state index in [4.69, 9.17) is 11.5 Å². The molecule has 0 unspecified atom stereocenters. The monoisotopic (exact) mass is 155 g/mol. The van der Waals surface area contributed by atoms with Crippen LogP contribution in [0.1, 0.15) is 5.69 Å². The number of guanidine groups is 1. The summed E-state index contributed by atoms with van der Waals surface area (Å²) in [6, 6.07) is 1.40. The SMILES string of the molecule is Cc1cc(=O)n(N=C(N)N)[nH]1. The van der Waals surface area contributed by atoms with Crippen LogP contribution in [0, 0.1) is 6.92 Å². The van der Waals surface area contributed by atoms with Crippen molar-refractivity contribution in [2.45, 2.75) is 6.92 Å². The fourth-order valence-corrected chi connectivity index (χ4v) is 0.691. The summed E-state index contributed by atoms with van der Waals surface area (Å²) in [6.07, 6.45) is 0. The van der Waals surface area contributed by atoms with Crippen molar-refractivity contribution in [2.24, 2.45) is 16.6 Å². The van der Waals surface area contributed by atoms with E-state index in [1.54, 1.807) is 6.92 Å². The van der Waals surface area contributed by atoms with Gasteiger partial charge in [0, 0.05) is 11.8 Å². The third-order valence-corrected chi connectivity index (χ3v) is 1.05. The van der Waals surface area contributed by atoms with Crippen LogP contribution in [-0.4, -0.2) is 15.8 Å². The maximum atomic E-state index is 10.9. The molecule has 6 nitrogen and oxygen atoms in total. The smallest absolute Gasteiger partial charge is 0.288 e. The largest absolute Gasteiger partial charge is 0.369 e. The van der Waals surface area contributed by atoms with Crippen LogP contribution < -0.4 is 17.0 Å². The molecule has 0 aromatic carbocycles. The number of hydrogen-bond acceptors (Lipinski definition) is 2. The lowest BCUT2D eigenvalue weighted by Crippen LogP contribution is -2.26. The van der Waals surface area contributed by atoms with Crippen molar-refractivity contribution in [3.63, 3.8) is 0 Å². The minimum absolute atomic E-state index is 0.158. The highest BCUT2D eigenvalue weighted by molar-refractivity contribution is 5.75. The molecule has 1 aromatic heterocycles. The van der Waals surface area contributed by atoms with Crippen LogP contribution >= 0.6 is 0 Å². The number of hydrogen-bond donors (Lipinski definition) is 3. The summed E-state index contributed by atoms with van der Waals surface area (Å²) in [4.78, 5) is 11.9. The zero-order valence-electron chi connectivity index (χ0n) is 6.03. The van der Waals surface area contributed by atoms with E-state index in [1.807, 2.05) is 0 Å². The van der Waals surface area contributed by atoms with E-state index >= 15 is 0 Å². The third kappa shape index (κ3) is 1.60. The molecule has 11 heavy (non-hydrogen) atoms. The van der Waals surface area contributed by atoms with Crippen molar-refractivity contribution in [3.05, 3.63) is 22.1 Å². The summed E-state index contributed by atoms with van der Waals surface area (Å²) in [5, 5.41) is 6.13. The van der Waals surface area contributed by atoms with Gasteiger partial charge in [0.2, 0.25) is 5.96 Å². The molecule has 1 heterocycles. The van der Waals surface area contributed by atoms with Crippen LogP contribution in [-0.2, 0) is 0 Å². The lowest BCUT2D eigenvalue weighted by molar-refractivity contribution is 0.703. The molecule has 0 aliphatic heterocycles. The van der Waals surface area contributed by atoms with E-state index in [9.17, 15) is 4.79 Å². The molecule has 6 heteroatoms. The van der Waals surface area contributed by atoms with Crippen molar-refractivity contribution >= 4 is 5.96 Å². The molecule has 0 radical (unpaired) electrons. The van der Waals surface area contributed by atoms with Gasteiger partial charge < -0.3 is 11.5 Å². The highest BCUT2D eigenvalue weighted by Gasteiger charge is 1.95. The van der Waals surface area contributed by atoms with Crippen molar-refractivity contribution in [1.82, 2.24) is 9.89 Å². The summed E-state index contributed by atoms with van der Waals surface area (Å²) < 4.78 is 0. The number of aromatic nitrogens is 2. The first-order chi connectivity index (χ1) is 5.09. The minimum atomic E-state index is -0.282. The van der Waals surface area contributed by atoms with Crippen molar-refractivity contribution in [3.8, 4) is 0 Å². The van der Waals surface area contributed by atoms with Crippen LogP contribution in [0.3, 0.4) is 0 Å². The van der Waals surface area contributed by atoms with Crippen LogP contribution in [0.15, 0.2) is 16.0 Å². The average molecular weight is 155 g/mol. The van der Waals surface area contributed by atoms with Gasteiger partial charge in [-0.3, -0.25) is 9.89 Å². The third-order valence-electron chi connectivity index (χ3n) is 1.05. The van der Waals surface area contributed by atoms with Crippen molar-refractivity contribution < 1.29 is 0 Å². The predicted molar refractivity (Wildman–Crippen MR) is 41.0 cm³/mol. The lowest BCUT2D eigenvalue weighted by atomic mass is 10.5. The van der Waals surface area contributed by atoms with E-state index in [2.05, 4.69) is 10.2 Å². The normalized spacial score (nSPS) is 9.55. The zero-order chi connectivity index (χ0) is 8.43. The molecule has 1 rings (SSSR count). The van der Waals surface area contributed by atoms with Crippen LogP contribution in [0.4, 0.5) is 0 Å². The molecule has 5 N–H and O–H groups in total. The topological polar surface area (TPSA) is 102 Å². The Kier molecular flexibility index (Phi) is 1.67. The van der Waals surface area contributed by atoms with E-state index in [0.29, 0.717) is 5.69 Å². The summed E-state index contributed by atoms with van der Waals surface area (Å²) in [6.45, 7) is 1.74. The molecule has 1 aromatic rings. The van der Waals surface area contributed by atoms with Crippen LogP contribution in [0.25, 0.3) is 0 Å². The summed E-state index contributed by atoms with van der Waals surface area (Å²) in [5.41, 5.74) is 10.5. The van der Waals surface area contributed by atoms with Gasteiger partial charge in [-0.15, -0.1) is 9.89 Å². The Morgan fingerprint density at radius 3 is 2.73 bits per heavy atom. The highest BCUT2D eigenvalue weighted by atomic mass is 16.1. The van der Waals surface area contributed by atoms with Crippen molar-refractivity contribution in [1.29, 1.82) is 0 Å². The molecular weight excluding hydrogens is 146 g/mol. The molecule has 0 spiro atoms. The number of rotatable bonds is 1. The van der Waals surface area contributed by atoms with Gasteiger partial charge >= 0.3 is 0 Å². The van der Waals surface area contributed by atoms with Gasteiger partial charge in [0.1, 0.15) is 0 Å². The zero-order valence-corrected chi connectivity index (χ0v) is 6.03. The number of aryl methyl sites for hydroxylation is 1. The van der Waals surface area contributed by atoms with Gasteiger partial charge in [0.15, 0.2) is 0 Å². The molecule has 0 amide bonds. The Hall–Kier alpha value is -1.72. The Labute approximate surface area is 62.5 Å². The van der Waals surface area contributed by atoms with Crippen molar-refractivity contribution in [2.75, 3.05) is 0 Å². The minimum Gasteiger partial charge on any atom is -0.369 e. The number of H-pyrrole nitrogens is 1. The van der Waals surface area contributed by atoms with E-state index in [1.165, 1.54) is 6.07 Å². The van der Waals surface area contributed by atoms with E-state index in [-0.39, 0.29) is 11.5 Å². The summed E-state index contributed by atoms with van der Waals surface area (Å²) in [5.74, 6) is -0.158. The second kappa shape index (κ2) is 2.49. The van der Waals surface area contributed by atoms with E-state index in [0.717, 1.165) is 4.79 Å². The van der Waals surface area contributed by atoms with E-state index < -0.39 is 0 Å². The first-order valence-corrected chi connectivity index (χ1v) is 2.98. The Morgan fingerprint density at radius 1 is 1.73 bits per heavy atom. The van der Waals surface area contributed by atoms with Crippen LogP contribution in [0.2, 0.25) is 0 Å². The molecular formula is C5H9N5O. The van der Waals surface area contributed by atoms with Gasteiger partial charge in [-0.2, -0.15) is 0 Å². The average Bonchev–Trinajstić information content (AvgIpc) is 2.09. The van der Waals surface area contributed by atoms with Gasteiger partial charge in [0.25, 0.3) is 5.56 Å². The Bertz CT molecular complexity index is 329. The van der Waals surface area contributed by atoms with Gasteiger partial charge in [-0.05, 0) is 6.92 Å². The molecule has 0 aliphatic rings. The fraction of sp³-hybridized carbons (Fsp3) is 0.200. The second-order valence-electron chi connectivity index (χ2n) is 2.11. The number of aromatic amines is 1. The Balaban J connectivity index is 3.15. The van der Waals surface area contributed by atoms with Crippen LogP contribution in [0.5, 0.6) is 0 Å². The van der Waals surface area contributed by atoms with Gasteiger partial charge in [0.05, 0.1) is 0 Å². The second-order valence-corrected chi connectivity index (χ2v) is 2.11. The summed E-state index contributed by atoms with van der Waals surface area (Å²) in [7, 11) is 0. The molecule has 0 atom stereocenters. The fourth-order valence-electron chi connectivity index (χ4n) is 0.691. The standard InChI is InChI=1S/C5H9N5O/c1-3-2-4(11)10(8-3)9-5(6)7/h2,8H,1H3,(H4,6,7,9). The first-order valence-electron chi connectivity index (χ1n) is 2.98. The molecule has 0 saturated carbocycles. The lowest BCUT2D eigenvalue weighted by Gasteiger charge is -1.91. The summed E-state index contributed by atoms with van der Waals surface area (Å²) >= 11 is 0.